The molecule has 116 valence electrons. The van der Waals surface area contributed by atoms with E-state index in [1.807, 2.05) is 0 Å². The van der Waals surface area contributed by atoms with E-state index >= 15 is 0 Å². The average Bonchev–Trinajstić information content (AvgIpc) is 3.14. The first-order chi connectivity index (χ1) is 10.8. The van der Waals surface area contributed by atoms with Crippen LogP contribution in [0.2, 0.25) is 0 Å². The van der Waals surface area contributed by atoms with Crippen molar-refractivity contribution in [3.05, 3.63) is 35.5 Å². The number of piperidine rings is 1. The van der Waals surface area contributed by atoms with Gasteiger partial charge in [0.2, 0.25) is 0 Å². The largest absolute Gasteiger partial charge is 0.447 e. The van der Waals surface area contributed by atoms with Gasteiger partial charge in [0.25, 0.3) is 0 Å². The maximum Gasteiger partial charge on any atom is 0.407 e. The van der Waals surface area contributed by atoms with Crippen LogP contribution in [0.3, 0.4) is 0 Å². The summed E-state index contributed by atoms with van der Waals surface area (Å²) in [5.74, 6) is 0.639. The van der Waals surface area contributed by atoms with E-state index in [-0.39, 0.29) is 12.1 Å². The van der Waals surface area contributed by atoms with Gasteiger partial charge in [-0.15, -0.1) is 0 Å². The van der Waals surface area contributed by atoms with Crippen molar-refractivity contribution < 1.29 is 9.53 Å². The van der Waals surface area contributed by atoms with Crippen LogP contribution in [0.1, 0.15) is 29.9 Å². The third-order valence-electron chi connectivity index (χ3n) is 4.78. The summed E-state index contributed by atoms with van der Waals surface area (Å²) in [5.41, 5.74) is 3.88. The van der Waals surface area contributed by atoms with Crippen molar-refractivity contribution >= 4 is 17.0 Å². The van der Waals surface area contributed by atoms with Crippen molar-refractivity contribution in [2.45, 2.75) is 31.2 Å². The molecule has 1 aromatic heterocycles. The fourth-order valence-corrected chi connectivity index (χ4v) is 3.61. The first-order valence-electron chi connectivity index (χ1n) is 8.03. The highest BCUT2D eigenvalue weighted by molar-refractivity contribution is 5.84. The molecular formula is C17H21N3O2. The number of benzene rings is 1. The molecule has 22 heavy (non-hydrogen) atoms. The number of ether oxygens (including phenoxy) is 1. The SMILES string of the molecule is O=C1NC(Cc2ccc3[nH]cc(C4CCNCC4)c3c2)CO1. The number of amides is 1. The molecule has 2 aliphatic heterocycles. The van der Waals surface area contributed by atoms with Crippen LogP contribution in [0.15, 0.2) is 24.4 Å². The normalized spacial score (nSPS) is 22.7. The monoisotopic (exact) mass is 299 g/mol. The van der Waals surface area contributed by atoms with Crippen LogP contribution in [0.5, 0.6) is 0 Å². The van der Waals surface area contributed by atoms with Gasteiger partial charge >= 0.3 is 6.09 Å². The van der Waals surface area contributed by atoms with Gasteiger partial charge in [-0.2, -0.15) is 0 Å². The molecule has 1 amide bonds. The number of hydrogen-bond donors (Lipinski definition) is 3. The molecule has 3 heterocycles. The molecule has 0 spiro atoms. The van der Waals surface area contributed by atoms with Crippen molar-refractivity contribution in [2.24, 2.45) is 0 Å². The summed E-state index contributed by atoms with van der Waals surface area (Å²) in [5, 5.41) is 7.60. The fourth-order valence-electron chi connectivity index (χ4n) is 3.61. The predicted molar refractivity (Wildman–Crippen MR) is 85.1 cm³/mol. The molecule has 2 saturated heterocycles. The lowest BCUT2D eigenvalue weighted by Gasteiger charge is -2.22. The third-order valence-corrected chi connectivity index (χ3v) is 4.78. The first-order valence-corrected chi connectivity index (χ1v) is 8.03. The van der Waals surface area contributed by atoms with E-state index < -0.39 is 0 Å². The Labute approximate surface area is 129 Å². The molecular weight excluding hydrogens is 278 g/mol. The van der Waals surface area contributed by atoms with Crippen molar-refractivity contribution in [1.29, 1.82) is 0 Å². The summed E-state index contributed by atoms with van der Waals surface area (Å²) in [4.78, 5) is 14.5. The summed E-state index contributed by atoms with van der Waals surface area (Å²) in [7, 11) is 0. The number of carbonyl (C=O) groups excluding carboxylic acids is 1. The number of alkyl carbamates (subject to hydrolysis) is 1. The third kappa shape index (κ3) is 2.57. The van der Waals surface area contributed by atoms with E-state index in [0.29, 0.717) is 12.5 Å². The van der Waals surface area contributed by atoms with Crippen molar-refractivity contribution in [3.8, 4) is 0 Å². The lowest BCUT2D eigenvalue weighted by Crippen LogP contribution is -2.28. The first kappa shape index (κ1) is 13.6. The second-order valence-corrected chi connectivity index (χ2v) is 6.29. The Morgan fingerprint density at radius 1 is 1.23 bits per heavy atom. The molecule has 4 rings (SSSR count). The predicted octanol–water partition coefficient (Wildman–Crippen LogP) is 2.29. The van der Waals surface area contributed by atoms with Gasteiger partial charge < -0.3 is 20.4 Å². The van der Waals surface area contributed by atoms with Gasteiger partial charge in [-0.05, 0) is 61.5 Å². The number of fused-ring (bicyclic) bond motifs is 1. The maximum absolute atomic E-state index is 11.1. The summed E-state index contributed by atoms with van der Waals surface area (Å²) < 4.78 is 4.97. The van der Waals surface area contributed by atoms with Crippen molar-refractivity contribution in [2.75, 3.05) is 19.7 Å². The van der Waals surface area contributed by atoms with Gasteiger partial charge in [-0.25, -0.2) is 4.79 Å². The molecule has 0 aliphatic carbocycles. The van der Waals surface area contributed by atoms with Crippen LogP contribution in [0, 0.1) is 0 Å². The Morgan fingerprint density at radius 3 is 2.86 bits per heavy atom. The van der Waals surface area contributed by atoms with Gasteiger partial charge in [0.1, 0.15) is 6.61 Å². The van der Waals surface area contributed by atoms with Crippen molar-refractivity contribution in [1.82, 2.24) is 15.6 Å². The minimum atomic E-state index is -0.303. The Bertz CT molecular complexity index is 688. The van der Waals surface area contributed by atoms with Gasteiger partial charge in [0.05, 0.1) is 6.04 Å². The second-order valence-electron chi connectivity index (χ2n) is 6.29. The zero-order chi connectivity index (χ0) is 14.9. The minimum Gasteiger partial charge on any atom is -0.447 e. The summed E-state index contributed by atoms with van der Waals surface area (Å²) in [6.45, 7) is 2.66. The molecule has 5 nitrogen and oxygen atoms in total. The number of hydrogen-bond acceptors (Lipinski definition) is 3. The Hall–Kier alpha value is -2.01. The molecule has 2 aromatic rings. The van der Waals surface area contributed by atoms with Gasteiger partial charge in [0, 0.05) is 17.1 Å². The number of rotatable bonds is 3. The van der Waals surface area contributed by atoms with Crippen LogP contribution in [-0.4, -0.2) is 36.8 Å². The molecule has 1 unspecified atom stereocenters. The van der Waals surface area contributed by atoms with Crippen LogP contribution in [0.4, 0.5) is 4.79 Å². The molecule has 3 N–H and O–H groups in total. The lowest BCUT2D eigenvalue weighted by atomic mass is 9.89. The number of H-pyrrole nitrogens is 1. The number of carbonyl (C=O) groups is 1. The smallest absolute Gasteiger partial charge is 0.407 e. The molecule has 2 fully saturated rings. The van der Waals surface area contributed by atoms with E-state index in [0.717, 1.165) is 19.5 Å². The quantitative estimate of drug-likeness (QED) is 0.814. The molecule has 2 aliphatic rings. The van der Waals surface area contributed by atoms with E-state index in [1.165, 1.54) is 34.9 Å². The average molecular weight is 299 g/mol. The molecule has 0 bridgehead atoms. The highest BCUT2D eigenvalue weighted by Gasteiger charge is 2.23. The van der Waals surface area contributed by atoms with E-state index in [2.05, 4.69) is 40.0 Å². The van der Waals surface area contributed by atoms with Crippen LogP contribution < -0.4 is 10.6 Å². The number of aromatic amines is 1. The van der Waals surface area contributed by atoms with Crippen LogP contribution >= 0.6 is 0 Å². The summed E-state index contributed by atoms with van der Waals surface area (Å²) >= 11 is 0. The standard InChI is InChI=1S/C17H21N3O2/c21-17-20-13(10-22-17)7-11-1-2-16-14(8-11)15(9-19-16)12-3-5-18-6-4-12/h1-2,8-9,12-13,18-19H,3-7,10H2,(H,20,21). The Kier molecular flexibility index (Phi) is 3.50. The topological polar surface area (TPSA) is 66.2 Å². The van der Waals surface area contributed by atoms with Crippen LogP contribution in [0.25, 0.3) is 10.9 Å². The maximum atomic E-state index is 11.1. The zero-order valence-electron chi connectivity index (χ0n) is 12.5. The van der Waals surface area contributed by atoms with Crippen LogP contribution in [-0.2, 0) is 11.2 Å². The van der Waals surface area contributed by atoms with E-state index in [4.69, 9.17) is 4.74 Å². The summed E-state index contributed by atoms with van der Waals surface area (Å²) in [6, 6.07) is 6.64. The van der Waals surface area contributed by atoms with E-state index in [9.17, 15) is 4.79 Å². The highest BCUT2D eigenvalue weighted by Crippen LogP contribution is 2.32. The highest BCUT2D eigenvalue weighted by atomic mass is 16.6. The Balaban J connectivity index is 1.60. The minimum absolute atomic E-state index is 0.0891. The van der Waals surface area contributed by atoms with Gasteiger partial charge in [-0.3, -0.25) is 0 Å². The van der Waals surface area contributed by atoms with Gasteiger partial charge in [-0.1, -0.05) is 6.07 Å². The molecule has 0 saturated carbocycles. The molecule has 1 aromatic carbocycles. The van der Waals surface area contributed by atoms with Crippen molar-refractivity contribution in [3.63, 3.8) is 0 Å². The Morgan fingerprint density at radius 2 is 2.09 bits per heavy atom. The molecule has 1 atom stereocenters. The number of nitrogens with one attached hydrogen (secondary N) is 3. The second kappa shape index (κ2) is 5.65. The fraction of sp³-hybridized carbons (Fsp3) is 0.471. The molecule has 5 heteroatoms. The molecule has 0 radical (unpaired) electrons. The zero-order valence-corrected chi connectivity index (χ0v) is 12.5. The number of aromatic nitrogens is 1. The van der Waals surface area contributed by atoms with E-state index in [1.54, 1.807) is 0 Å². The lowest BCUT2D eigenvalue weighted by molar-refractivity contribution is 0.177. The summed E-state index contributed by atoms with van der Waals surface area (Å²) in [6.07, 6.45) is 5.08. The van der Waals surface area contributed by atoms with Gasteiger partial charge in [0.15, 0.2) is 0 Å². The number of cyclic esters (lactones) is 1.